The van der Waals surface area contributed by atoms with Gasteiger partial charge in [0.1, 0.15) is 5.60 Å². The Morgan fingerprint density at radius 2 is 1.80 bits per heavy atom. The molecule has 0 heterocycles. The number of imide groups is 1. The Hall–Kier alpha value is -1.34. The standard InChI is InChI=1S/C13H27N3O4/c1-13(2,3)20-12(19)16(11(17)18)10-5-4-8-15-9-6-7-14/h15H,4-10,14H2,1-3H3,(H,17,18). The van der Waals surface area contributed by atoms with Crippen LogP contribution < -0.4 is 11.1 Å². The number of hydrogen-bond acceptors (Lipinski definition) is 5. The molecule has 0 radical (unpaired) electrons. The van der Waals surface area contributed by atoms with Crippen molar-refractivity contribution in [1.82, 2.24) is 10.2 Å². The normalized spacial score (nSPS) is 11.2. The second kappa shape index (κ2) is 9.55. The van der Waals surface area contributed by atoms with Crippen molar-refractivity contribution >= 4 is 12.2 Å². The lowest BCUT2D eigenvalue weighted by Crippen LogP contribution is -2.40. The number of carbonyl (C=O) groups excluding carboxylic acids is 1. The van der Waals surface area contributed by atoms with E-state index >= 15 is 0 Å². The zero-order valence-electron chi connectivity index (χ0n) is 12.6. The minimum Gasteiger partial charge on any atom is -0.465 e. The Kier molecular flexibility index (Phi) is 8.91. The van der Waals surface area contributed by atoms with Gasteiger partial charge in [0.2, 0.25) is 0 Å². The minimum atomic E-state index is -1.28. The van der Waals surface area contributed by atoms with Gasteiger partial charge < -0.3 is 20.9 Å². The van der Waals surface area contributed by atoms with E-state index in [0.717, 1.165) is 25.9 Å². The highest BCUT2D eigenvalue weighted by Gasteiger charge is 2.26. The van der Waals surface area contributed by atoms with Crippen molar-refractivity contribution in [3.05, 3.63) is 0 Å². The fourth-order valence-electron chi connectivity index (χ4n) is 1.45. The van der Waals surface area contributed by atoms with Gasteiger partial charge in [-0.25, -0.2) is 14.5 Å². The van der Waals surface area contributed by atoms with Gasteiger partial charge in [-0.05, 0) is 59.7 Å². The first-order chi connectivity index (χ1) is 9.28. The van der Waals surface area contributed by atoms with Gasteiger partial charge >= 0.3 is 12.2 Å². The Balaban J connectivity index is 3.98. The molecule has 0 aliphatic heterocycles. The molecule has 0 aromatic carbocycles. The number of rotatable bonds is 8. The number of nitrogens with one attached hydrogen (secondary N) is 1. The average Bonchev–Trinajstić information content (AvgIpc) is 2.29. The van der Waals surface area contributed by atoms with Crippen LogP contribution in [0.4, 0.5) is 9.59 Å². The second-order valence-electron chi connectivity index (χ2n) is 5.51. The zero-order valence-corrected chi connectivity index (χ0v) is 12.6. The molecule has 20 heavy (non-hydrogen) atoms. The largest absolute Gasteiger partial charge is 0.465 e. The van der Waals surface area contributed by atoms with E-state index in [1.54, 1.807) is 20.8 Å². The highest BCUT2D eigenvalue weighted by atomic mass is 16.6. The van der Waals surface area contributed by atoms with Crippen LogP contribution in [0.3, 0.4) is 0 Å². The summed E-state index contributed by atoms with van der Waals surface area (Å²) in [6.45, 7) is 7.53. The summed E-state index contributed by atoms with van der Waals surface area (Å²) in [5.74, 6) is 0. The molecular formula is C13H27N3O4. The van der Waals surface area contributed by atoms with E-state index in [4.69, 9.17) is 15.6 Å². The van der Waals surface area contributed by atoms with Gasteiger partial charge in [0.25, 0.3) is 0 Å². The van der Waals surface area contributed by atoms with Gasteiger partial charge in [0, 0.05) is 6.54 Å². The lowest BCUT2D eigenvalue weighted by Gasteiger charge is -2.24. The van der Waals surface area contributed by atoms with Crippen molar-refractivity contribution in [3.63, 3.8) is 0 Å². The van der Waals surface area contributed by atoms with Crippen LogP contribution in [-0.4, -0.2) is 54.0 Å². The molecule has 0 aliphatic rings. The van der Waals surface area contributed by atoms with Crippen LogP contribution in [0, 0.1) is 0 Å². The van der Waals surface area contributed by atoms with E-state index in [2.05, 4.69) is 5.32 Å². The van der Waals surface area contributed by atoms with Crippen molar-refractivity contribution in [1.29, 1.82) is 0 Å². The zero-order chi connectivity index (χ0) is 15.6. The predicted octanol–water partition coefficient (Wildman–Crippen LogP) is 1.62. The molecule has 0 saturated carbocycles. The monoisotopic (exact) mass is 289 g/mol. The maximum Gasteiger partial charge on any atom is 0.419 e. The lowest BCUT2D eigenvalue weighted by atomic mass is 10.2. The Morgan fingerprint density at radius 1 is 1.20 bits per heavy atom. The number of nitrogens with zero attached hydrogens (tertiary/aromatic N) is 1. The first-order valence-electron chi connectivity index (χ1n) is 6.92. The average molecular weight is 289 g/mol. The highest BCUT2D eigenvalue weighted by molar-refractivity contribution is 5.86. The maximum atomic E-state index is 11.7. The summed E-state index contributed by atoms with van der Waals surface area (Å²) in [6.07, 6.45) is 0.203. The molecule has 0 spiro atoms. The number of hydrogen-bond donors (Lipinski definition) is 3. The van der Waals surface area contributed by atoms with Gasteiger partial charge in [0.15, 0.2) is 0 Å². The fourth-order valence-corrected chi connectivity index (χ4v) is 1.45. The molecule has 0 aromatic heterocycles. The van der Waals surface area contributed by atoms with Crippen LogP contribution in [0.15, 0.2) is 0 Å². The number of nitrogens with two attached hydrogens (primary N) is 1. The second-order valence-corrected chi connectivity index (χ2v) is 5.51. The number of carboxylic acid groups (broad SMARTS) is 1. The lowest BCUT2D eigenvalue weighted by molar-refractivity contribution is 0.0267. The van der Waals surface area contributed by atoms with E-state index in [1.807, 2.05) is 0 Å². The van der Waals surface area contributed by atoms with Gasteiger partial charge in [-0.1, -0.05) is 0 Å². The molecule has 4 N–H and O–H groups in total. The van der Waals surface area contributed by atoms with Crippen LogP contribution in [-0.2, 0) is 4.74 Å². The summed E-state index contributed by atoms with van der Waals surface area (Å²) in [7, 11) is 0. The summed E-state index contributed by atoms with van der Waals surface area (Å²) in [5.41, 5.74) is 4.66. The van der Waals surface area contributed by atoms with Crippen molar-refractivity contribution in [2.24, 2.45) is 5.73 Å². The molecule has 0 rings (SSSR count). The third-order valence-corrected chi connectivity index (χ3v) is 2.39. The molecule has 0 fully saturated rings. The van der Waals surface area contributed by atoms with Crippen LogP contribution in [0.25, 0.3) is 0 Å². The van der Waals surface area contributed by atoms with E-state index in [-0.39, 0.29) is 6.54 Å². The van der Waals surface area contributed by atoms with Crippen LogP contribution in [0.1, 0.15) is 40.0 Å². The van der Waals surface area contributed by atoms with Crippen molar-refractivity contribution < 1.29 is 19.4 Å². The molecule has 0 atom stereocenters. The third-order valence-electron chi connectivity index (χ3n) is 2.39. The van der Waals surface area contributed by atoms with E-state index in [9.17, 15) is 9.59 Å². The Bertz CT molecular complexity index is 302. The summed E-state index contributed by atoms with van der Waals surface area (Å²) < 4.78 is 5.05. The molecule has 118 valence electrons. The number of amides is 2. The predicted molar refractivity (Wildman–Crippen MR) is 76.7 cm³/mol. The van der Waals surface area contributed by atoms with E-state index in [1.165, 1.54) is 0 Å². The summed E-state index contributed by atoms with van der Waals surface area (Å²) in [4.78, 5) is 23.4. The third kappa shape index (κ3) is 9.57. The van der Waals surface area contributed by atoms with Crippen LogP contribution in [0.2, 0.25) is 0 Å². The molecule has 0 saturated heterocycles. The summed E-state index contributed by atoms with van der Waals surface area (Å²) in [5, 5.41) is 12.2. The van der Waals surface area contributed by atoms with Gasteiger partial charge in [-0.2, -0.15) is 0 Å². The Morgan fingerprint density at radius 3 is 2.30 bits per heavy atom. The van der Waals surface area contributed by atoms with Crippen LogP contribution >= 0.6 is 0 Å². The molecule has 7 heteroatoms. The van der Waals surface area contributed by atoms with E-state index < -0.39 is 17.8 Å². The quantitative estimate of drug-likeness (QED) is 0.586. The van der Waals surface area contributed by atoms with Crippen LogP contribution in [0.5, 0.6) is 0 Å². The Labute approximate surface area is 120 Å². The molecule has 0 aromatic rings. The van der Waals surface area contributed by atoms with Gasteiger partial charge in [-0.3, -0.25) is 0 Å². The molecule has 0 unspecified atom stereocenters. The smallest absolute Gasteiger partial charge is 0.419 e. The van der Waals surface area contributed by atoms with Crippen molar-refractivity contribution in [2.75, 3.05) is 26.2 Å². The van der Waals surface area contributed by atoms with Gasteiger partial charge in [0.05, 0.1) is 0 Å². The van der Waals surface area contributed by atoms with Gasteiger partial charge in [-0.15, -0.1) is 0 Å². The molecule has 7 nitrogen and oxygen atoms in total. The van der Waals surface area contributed by atoms with Crippen molar-refractivity contribution in [3.8, 4) is 0 Å². The number of unbranched alkanes of at least 4 members (excludes halogenated alkanes) is 1. The maximum absolute atomic E-state index is 11.7. The SMILES string of the molecule is CC(C)(C)OC(=O)N(CCCCNCCCN)C(=O)O. The first-order valence-corrected chi connectivity index (χ1v) is 6.92. The number of ether oxygens (including phenoxy) is 1. The minimum absolute atomic E-state index is 0.142. The van der Waals surface area contributed by atoms with E-state index in [0.29, 0.717) is 17.9 Å². The molecule has 0 bridgehead atoms. The van der Waals surface area contributed by atoms with Crippen molar-refractivity contribution in [2.45, 2.75) is 45.6 Å². The molecule has 0 aliphatic carbocycles. The summed E-state index contributed by atoms with van der Waals surface area (Å²) >= 11 is 0. The molecule has 2 amide bonds. The summed E-state index contributed by atoms with van der Waals surface area (Å²) in [6, 6.07) is 0. The first kappa shape index (κ1) is 18.7. The topological polar surface area (TPSA) is 105 Å². The molecular weight excluding hydrogens is 262 g/mol. The number of carbonyl (C=O) groups is 2. The fraction of sp³-hybridized carbons (Fsp3) is 0.846. The highest BCUT2D eigenvalue weighted by Crippen LogP contribution is 2.10.